The molecule has 0 aliphatic carbocycles. The van der Waals surface area contributed by atoms with Gasteiger partial charge in [-0.05, 0) is 14.0 Å². The minimum atomic E-state index is -2.40. The molecule has 0 fully saturated rings. The lowest BCUT2D eigenvalue weighted by atomic mass is 10.2. The molecule has 3 nitrogen and oxygen atoms in total. The first kappa shape index (κ1) is 10.1. The Balaban J connectivity index is 2.79. The molecule has 74 valence electrons. The summed E-state index contributed by atoms with van der Waals surface area (Å²) < 4.78 is 26.4. The Labute approximate surface area is 75.7 Å². The van der Waals surface area contributed by atoms with E-state index in [9.17, 15) is 8.78 Å². The number of halogens is 2. The largest absolute Gasteiger partial charge is 0.308 e. The zero-order valence-electron chi connectivity index (χ0n) is 7.67. The Kier molecular flexibility index (Phi) is 3.36. The fourth-order valence-electron chi connectivity index (χ4n) is 1.15. The van der Waals surface area contributed by atoms with E-state index in [1.165, 1.54) is 13.2 Å². The van der Waals surface area contributed by atoms with Gasteiger partial charge in [-0.25, -0.2) is 8.78 Å². The van der Waals surface area contributed by atoms with Crippen molar-refractivity contribution in [1.29, 1.82) is 0 Å². The molecule has 1 heterocycles. The van der Waals surface area contributed by atoms with Crippen molar-refractivity contribution in [1.82, 2.24) is 15.1 Å². The number of rotatable bonds is 4. The highest BCUT2D eigenvalue weighted by Gasteiger charge is 2.21. The highest BCUT2D eigenvalue weighted by atomic mass is 19.3. The fraction of sp³-hybridized carbons (Fsp3) is 0.625. The number of nitrogens with zero attached hydrogens (tertiary/aromatic N) is 2. The van der Waals surface area contributed by atoms with Gasteiger partial charge in [-0.2, -0.15) is 5.10 Å². The second kappa shape index (κ2) is 4.32. The van der Waals surface area contributed by atoms with E-state index in [1.807, 2.05) is 6.92 Å². The van der Waals surface area contributed by atoms with E-state index < -0.39 is 12.5 Å². The average Bonchev–Trinajstić information content (AvgIpc) is 2.53. The summed E-state index contributed by atoms with van der Waals surface area (Å²) in [6, 6.07) is -0.916. The van der Waals surface area contributed by atoms with Gasteiger partial charge in [-0.3, -0.25) is 4.68 Å². The normalized spacial score (nSPS) is 13.6. The summed E-state index contributed by atoms with van der Waals surface area (Å²) in [5.74, 6) is 0. The number of aromatic nitrogens is 2. The summed E-state index contributed by atoms with van der Waals surface area (Å²) in [6.07, 6.45) is 0.698. The Morgan fingerprint density at radius 2 is 2.31 bits per heavy atom. The molecule has 0 bridgehead atoms. The molecule has 0 saturated heterocycles. The Morgan fingerprint density at radius 1 is 1.62 bits per heavy atom. The van der Waals surface area contributed by atoms with E-state index in [1.54, 1.807) is 10.9 Å². The molecule has 1 unspecified atom stereocenters. The summed E-state index contributed by atoms with van der Waals surface area (Å²) in [5.41, 5.74) is 0.527. The van der Waals surface area contributed by atoms with Crippen LogP contribution < -0.4 is 5.32 Å². The van der Waals surface area contributed by atoms with Gasteiger partial charge in [0.1, 0.15) is 0 Å². The minimum absolute atomic E-state index is 0.527. The van der Waals surface area contributed by atoms with Gasteiger partial charge in [0, 0.05) is 18.3 Å². The van der Waals surface area contributed by atoms with Crippen LogP contribution in [0.4, 0.5) is 8.78 Å². The van der Waals surface area contributed by atoms with E-state index in [-0.39, 0.29) is 0 Å². The number of hydrogen-bond donors (Lipinski definition) is 1. The first-order valence-corrected chi connectivity index (χ1v) is 4.16. The average molecular weight is 189 g/mol. The van der Waals surface area contributed by atoms with Crippen molar-refractivity contribution in [3.05, 3.63) is 18.0 Å². The van der Waals surface area contributed by atoms with Crippen LogP contribution in [0.5, 0.6) is 0 Å². The predicted octanol–water partition coefficient (Wildman–Crippen LogP) is 1.43. The molecule has 0 radical (unpaired) electrons. The first-order valence-electron chi connectivity index (χ1n) is 4.16. The van der Waals surface area contributed by atoms with Gasteiger partial charge in [0.15, 0.2) is 0 Å². The molecule has 0 amide bonds. The number of aryl methyl sites for hydroxylation is 1. The van der Waals surface area contributed by atoms with Crippen molar-refractivity contribution in [2.24, 2.45) is 0 Å². The van der Waals surface area contributed by atoms with Crippen LogP contribution in [-0.2, 0) is 6.54 Å². The van der Waals surface area contributed by atoms with E-state index in [4.69, 9.17) is 0 Å². The minimum Gasteiger partial charge on any atom is -0.308 e. The smallest absolute Gasteiger partial charge is 0.257 e. The van der Waals surface area contributed by atoms with Crippen molar-refractivity contribution >= 4 is 0 Å². The van der Waals surface area contributed by atoms with Crippen LogP contribution in [0, 0.1) is 0 Å². The van der Waals surface area contributed by atoms with Gasteiger partial charge in [-0.15, -0.1) is 0 Å². The van der Waals surface area contributed by atoms with Crippen molar-refractivity contribution in [3.63, 3.8) is 0 Å². The molecular weight excluding hydrogens is 176 g/mol. The van der Waals surface area contributed by atoms with Crippen LogP contribution in [-0.4, -0.2) is 23.3 Å². The van der Waals surface area contributed by atoms with E-state index in [2.05, 4.69) is 10.4 Å². The molecule has 13 heavy (non-hydrogen) atoms. The lowest BCUT2D eigenvalue weighted by molar-refractivity contribution is 0.102. The molecule has 0 spiro atoms. The Hall–Kier alpha value is -0.970. The third-order valence-corrected chi connectivity index (χ3v) is 1.90. The zero-order valence-corrected chi connectivity index (χ0v) is 7.67. The van der Waals surface area contributed by atoms with Crippen LogP contribution >= 0.6 is 0 Å². The second-order valence-corrected chi connectivity index (χ2v) is 2.73. The highest BCUT2D eigenvalue weighted by molar-refractivity contribution is 5.11. The highest BCUT2D eigenvalue weighted by Crippen LogP contribution is 2.19. The predicted molar refractivity (Wildman–Crippen MR) is 45.7 cm³/mol. The van der Waals surface area contributed by atoms with Crippen LogP contribution in [0.15, 0.2) is 12.4 Å². The third kappa shape index (κ3) is 2.24. The Bertz CT molecular complexity index is 260. The van der Waals surface area contributed by atoms with E-state index in [0.717, 1.165) is 0 Å². The zero-order chi connectivity index (χ0) is 9.84. The second-order valence-electron chi connectivity index (χ2n) is 2.73. The SMILES string of the molecule is CCn1cc(C(NC)C(F)F)cn1. The van der Waals surface area contributed by atoms with Crippen molar-refractivity contribution in [2.45, 2.75) is 25.9 Å². The molecule has 1 rings (SSSR count). The van der Waals surface area contributed by atoms with Gasteiger partial charge < -0.3 is 5.32 Å². The maximum Gasteiger partial charge on any atom is 0.257 e. The number of nitrogens with one attached hydrogen (secondary N) is 1. The first-order chi connectivity index (χ1) is 6.19. The van der Waals surface area contributed by atoms with Gasteiger partial charge in [0.25, 0.3) is 6.43 Å². The number of hydrogen-bond acceptors (Lipinski definition) is 2. The standard InChI is InChI=1S/C8H13F2N3/c1-3-13-5-6(4-12-13)7(11-2)8(9)10/h4-5,7-8,11H,3H2,1-2H3. The molecule has 0 saturated carbocycles. The summed E-state index contributed by atoms with van der Waals surface area (Å²) in [6.45, 7) is 2.60. The van der Waals surface area contributed by atoms with E-state index >= 15 is 0 Å². The monoisotopic (exact) mass is 189 g/mol. The summed E-state index contributed by atoms with van der Waals surface area (Å²) in [7, 11) is 1.51. The molecule has 0 aliphatic rings. The van der Waals surface area contributed by atoms with E-state index in [0.29, 0.717) is 12.1 Å². The topological polar surface area (TPSA) is 29.9 Å². The summed E-state index contributed by atoms with van der Waals surface area (Å²) in [5, 5.41) is 6.48. The molecule has 5 heteroatoms. The number of alkyl halides is 2. The van der Waals surface area contributed by atoms with Crippen LogP contribution in [0.2, 0.25) is 0 Å². The molecular formula is C8H13F2N3. The summed E-state index contributed by atoms with van der Waals surface area (Å²) in [4.78, 5) is 0. The van der Waals surface area contributed by atoms with Crippen molar-refractivity contribution in [2.75, 3.05) is 7.05 Å². The van der Waals surface area contributed by atoms with Crippen LogP contribution in [0.3, 0.4) is 0 Å². The molecule has 1 aromatic heterocycles. The Morgan fingerprint density at radius 3 is 2.69 bits per heavy atom. The van der Waals surface area contributed by atoms with Crippen LogP contribution in [0.1, 0.15) is 18.5 Å². The fourth-order valence-corrected chi connectivity index (χ4v) is 1.15. The molecule has 1 atom stereocenters. The molecule has 0 aliphatic heterocycles. The maximum atomic E-state index is 12.4. The third-order valence-electron chi connectivity index (χ3n) is 1.90. The van der Waals surface area contributed by atoms with Crippen LogP contribution in [0.25, 0.3) is 0 Å². The molecule has 1 aromatic rings. The van der Waals surface area contributed by atoms with Gasteiger partial charge >= 0.3 is 0 Å². The van der Waals surface area contributed by atoms with Gasteiger partial charge in [0.2, 0.25) is 0 Å². The lowest BCUT2D eigenvalue weighted by Gasteiger charge is -2.12. The lowest BCUT2D eigenvalue weighted by Crippen LogP contribution is -2.23. The molecule has 0 aromatic carbocycles. The van der Waals surface area contributed by atoms with Crippen molar-refractivity contribution < 1.29 is 8.78 Å². The van der Waals surface area contributed by atoms with Crippen molar-refractivity contribution in [3.8, 4) is 0 Å². The van der Waals surface area contributed by atoms with Gasteiger partial charge in [0.05, 0.1) is 12.2 Å². The maximum absolute atomic E-state index is 12.4. The molecule has 1 N–H and O–H groups in total. The summed E-state index contributed by atoms with van der Waals surface area (Å²) >= 11 is 0. The van der Waals surface area contributed by atoms with Gasteiger partial charge in [-0.1, -0.05) is 0 Å². The quantitative estimate of drug-likeness (QED) is 0.776.